The molecule has 0 aromatic carbocycles. The Kier molecular flexibility index (Phi) is 6.75. The van der Waals surface area contributed by atoms with Gasteiger partial charge in [-0.05, 0) is 12.8 Å². The summed E-state index contributed by atoms with van der Waals surface area (Å²) in [5.41, 5.74) is 0. The summed E-state index contributed by atoms with van der Waals surface area (Å²) in [6.45, 7) is 10.9. The first-order valence-corrected chi connectivity index (χ1v) is 8.07. The van der Waals surface area contributed by atoms with Gasteiger partial charge in [0.1, 0.15) is 12.4 Å². The molecule has 7 nitrogen and oxygen atoms in total. The highest BCUT2D eigenvalue weighted by Crippen LogP contribution is 2.20. The Balaban J connectivity index is 1.80. The van der Waals surface area contributed by atoms with E-state index in [-0.39, 0.29) is 6.10 Å². The Labute approximate surface area is 132 Å². The standard InChI is InChI=1S/C15H28N4O3/c1-4-19-11-16-17-15(19)14-8-18(5-6-22-14)7-13(20)10-21-9-12(2)3/h11-14,20H,4-10H2,1-3H3/t13-,14-/m1/s1. The molecule has 1 aromatic rings. The van der Waals surface area contributed by atoms with Crippen molar-refractivity contribution < 1.29 is 14.6 Å². The molecule has 1 saturated heterocycles. The van der Waals surface area contributed by atoms with Crippen LogP contribution in [0, 0.1) is 5.92 Å². The van der Waals surface area contributed by atoms with Gasteiger partial charge in [0.2, 0.25) is 0 Å². The van der Waals surface area contributed by atoms with Crippen LogP contribution in [0.2, 0.25) is 0 Å². The molecule has 1 fully saturated rings. The van der Waals surface area contributed by atoms with Crippen molar-refractivity contribution in [1.82, 2.24) is 19.7 Å². The summed E-state index contributed by atoms with van der Waals surface area (Å²) in [6, 6.07) is 0. The Hall–Kier alpha value is -1.02. The van der Waals surface area contributed by atoms with Crippen LogP contribution in [0.15, 0.2) is 6.33 Å². The van der Waals surface area contributed by atoms with Crippen molar-refractivity contribution in [3.8, 4) is 0 Å². The second kappa shape index (κ2) is 8.57. The molecule has 0 saturated carbocycles. The average Bonchev–Trinajstić information content (AvgIpc) is 2.95. The van der Waals surface area contributed by atoms with Crippen LogP contribution in [0.3, 0.4) is 0 Å². The van der Waals surface area contributed by atoms with Gasteiger partial charge in [-0.15, -0.1) is 10.2 Å². The van der Waals surface area contributed by atoms with Gasteiger partial charge >= 0.3 is 0 Å². The lowest BCUT2D eigenvalue weighted by Gasteiger charge is -2.33. The Morgan fingerprint density at radius 1 is 1.45 bits per heavy atom. The van der Waals surface area contributed by atoms with Gasteiger partial charge in [-0.25, -0.2) is 0 Å². The van der Waals surface area contributed by atoms with Crippen LogP contribution in [0.25, 0.3) is 0 Å². The Morgan fingerprint density at radius 2 is 2.27 bits per heavy atom. The van der Waals surface area contributed by atoms with Gasteiger partial charge in [0.25, 0.3) is 0 Å². The number of aromatic nitrogens is 3. The molecule has 0 amide bonds. The van der Waals surface area contributed by atoms with Gasteiger partial charge in [0.15, 0.2) is 5.82 Å². The van der Waals surface area contributed by atoms with Gasteiger partial charge in [-0.3, -0.25) is 4.90 Å². The number of hydrogen-bond acceptors (Lipinski definition) is 6. The van der Waals surface area contributed by atoms with Gasteiger partial charge in [-0.2, -0.15) is 0 Å². The lowest BCUT2D eigenvalue weighted by Crippen LogP contribution is -2.44. The average molecular weight is 312 g/mol. The monoisotopic (exact) mass is 312 g/mol. The third-order valence-corrected chi connectivity index (χ3v) is 3.66. The molecule has 2 rings (SSSR count). The number of morpholine rings is 1. The van der Waals surface area contributed by atoms with Crippen LogP contribution < -0.4 is 0 Å². The molecule has 2 atom stereocenters. The van der Waals surface area contributed by atoms with Crippen molar-refractivity contribution in [3.05, 3.63) is 12.2 Å². The van der Waals surface area contributed by atoms with Gasteiger partial charge in [0, 0.05) is 32.8 Å². The zero-order valence-electron chi connectivity index (χ0n) is 13.8. The topological polar surface area (TPSA) is 72.6 Å². The summed E-state index contributed by atoms with van der Waals surface area (Å²) in [7, 11) is 0. The molecule has 0 aliphatic carbocycles. The van der Waals surface area contributed by atoms with E-state index >= 15 is 0 Å². The Morgan fingerprint density at radius 3 is 3.00 bits per heavy atom. The van der Waals surface area contributed by atoms with Crippen molar-refractivity contribution in [1.29, 1.82) is 0 Å². The lowest BCUT2D eigenvalue weighted by atomic mass is 10.2. The molecule has 0 spiro atoms. The normalized spacial score (nSPS) is 21.4. The number of hydrogen-bond donors (Lipinski definition) is 1. The molecule has 0 bridgehead atoms. The summed E-state index contributed by atoms with van der Waals surface area (Å²) < 4.78 is 13.3. The molecule has 126 valence electrons. The fraction of sp³-hybridized carbons (Fsp3) is 0.867. The first kappa shape index (κ1) is 17.3. The van der Waals surface area contributed by atoms with Crippen LogP contribution in [-0.4, -0.2) is 70.3 Å². The van der Waals surface area contributed by atoms with Crippen LogP contribution in [-0.2, 0) is 16.0 Å². The quantitative estimate of drug-likeness (QED) is 0.762. The van der Waals surface area contributed by atoms with Crippen molar-refractivity contribution in [2.24, 2.45) is 5.92 Å². The van der Waals surface area contributed by atoms with E-state index in [1.165, 1.54) is 0 Å². The number of aliphatic hydroxyl groups excluding tert-OH is 1. The van der Waals surface area contributed by atoms with Crippen molar-refractivity contribution in [3.63, 3.8) is 0 Å². The van der Waals surface area contributed by atoms with E-state index in [0.717, 1.165) is 25.5 Å². The molecule has 22 heavy (non-hydrogen) atoms. The maximum absolute atomic E-state index is 10.1. The number of aliphatic hydroxyl groups is 1. The zero-order valence-corrected chi connectivity index (χ0v) is 13.8. The van der Waals surface area contributed by atoms with E-state index < -0.39 is 6.10 Å². The first-order chi connectivity index (χ1) is 10.6. The Bertz CT molecular complexity index is 438. The SMILES string of the molecule is CCn1cnnc1[C@H]1CN(C[C@@H](O)COCC(C)C)CCO1. The van der Waals surface area contributed by atoms with Crippen LogP contribution in [0.4, 0.5) is 0 Å². The fourth-order valence-corrected chi connectivity index (χ4v) is 2.57. The van der Waals surface area contributed by atoms with E-state index in [1.807, 2.05) is 4.57 Å². The number of aryl methyl sites for hydroxylation is 1. The van der Waals surface area contributed by atoms with E-state index in [2.05, 4.69) is 35.9 Å². The van der Waals surface area contributed by atoms with Crippen LogP contribution >= 0.6 is 0 Å². The molecule has 1 aliphatic heterocycles. The summed E-state index contributed by atoms with van der Waals surface area (Å²) in [5, 5.41) is 18.2. The molecule has 1 N–H and O–H groups in total. The molecule has 0 radical (unpaired) electrons. The molecule has 1 aromatic heterocycles. The molecule has 7 heteroatoms. The fourth-order valence-electron chi connectivity index (χ4n) is 2.57. The molecule has 0 unspecified atom stereocenters. The zero-order chi connectivity index (χ0) is 15.9. The largest absolute Gasteiger partial charge is 0.389 e. The summed E-state index contributed by atoms with van der Waals surface area (Å²) in [5.74, 6) is 1.35. The number of rotatable bonds is 8. The minimum Gasteiger partial charge on any atom is -0.389 e. The summed E-state index contributed by atoms with van der Waals surface area (Å²) in [4.78, 5) is 2.20. The number of nitrogens with zero attached hydrogens (tertiary/aromatic N) is 4. The lowest BCUT2D eigenvalue weighted by molar-refractivity contribution is -0.0577. The van der Waals surface area contributed by atoms with Crippen molar-refractivity contribution in [2.45, 2.75) is 39.5 Å². The number of β-amino-alcohol motifs (C(OH)–C–C–N with tert-alkyl or cyclic N) is 1. The predicted molar refractivity (Wildman–Crippen MR) is 82.5 cm³/mol. The van der Waals surface area contributed by atoms with Gasteiger partial charge in [0.05, 0.1) is 19.3 Å². The highest BCUT2D eigenvalue weighted by Gasteiger charge is 2.26. The van der Waals surface area contributed by atoms with Crippen molar-refractivity contribution >= 4 is 0 Å². The third-order valence-electron chi connectivity index (χ3n) is 3.66. The first-order valence-electron chi connectivity index (χ1n) is 8.07. The third kappa shape index (κ3) is 5.01. The van der Waals surface area contributed by atoms with E-state index in [4.69, 9.17) is 9.47 Å². The summed E-state index contributed by atoms with van der Waals surface area (Å²) in [6.07, 6.45) is 1.17. The van der Waals surface area contributed by atoms with Crippen LogP contribution in [0.1, 0.15) is 32.7 Å². The molecular weight excluding hydrogens is 284 g/mol. The molecule has 2 heterocycles. The van der Waals surface area contributed by atoms with Gasteiger partial charge in [-0.1, -0.05) is 13.8 Å². The second-order valence-electron chi connectivity index (χ2n) is 6.18. The van der Waals surface area contributed by atoms with Crippen molar-refractivity contribution in [2.75, 3.05) is 39.5 Å². The minimum absolute atomic E-state index is 0.0833. The van der Waals surface area contributed by atoms with Crippen LogP contribution in [0.5, 0.6) is 0 Å². The second-order valence-corrected chi connectivity index (χ2v) is 6.18. The van der Waals surface area contributed by atoms with Gasteiger partial charge < -0.3 is 19.1 Å². The maximum Gasteiger partial charge on any atom is 0.163 e. The smallest absolute Gasteiger partial charge is 0.163 e. The predicted octanol–water partition coefficient (Wildman–Crippen LogP) is 0.705. The van der Waals surface area contributed by atoms with E-state index in [9.17, 15) is 5.11 Å². The maximum atomic E-state index is 10.1. The molecule has 1 aliphatic rings. The minimum atomic E-state index is -0.471. The molecular formula is C15H28N4O3. The number of ether oxygens (including phenoxy) is 2. The highest BCUT2D eigenvalue weighted by molar-refractivity contribution is 4.95. The van der Waals surface area contributed by atoms with E-state index in [0.29, 0.717) is 32.3 Å². The highest BCUT2D eigenvalue weighted by atomic mass is 16.5. The van der Waals surface area contributed by atoms with E-state index in [1.54, 1.807) is 6.33 Å². The summed E-state index contributed by atoms with van der Waals surface area (Å²) >= 11 is 0.